The number of nitrogens with zero attached hydrogens (tertiary/aromatic N) is 3. The summed E-state index contributed by atoms with van der Waals surface area (Å²) in [5.41, 5.74) is 3.30. The van der Waals surface area contributed by atoms with Crippen molar-refractivity contribution in [1.82, 2.24) is 9.78 Å². The van der Waals surface area contributed by atoms with Gasteiger partial charge in [-0.05, 0) is 77.0 Å². The van der Waals surface area contributed by atoms with Crippen molar-refractivity contribution in [3.05, 3.63) is 68.5 Å². The summed E-state index contributed by atoms with van der Waals surface area (Å²) in [4.78, 5) is 27.4. The number of carbonyl (C=O) groups excluding carboxylic acids is 1. The van der Waals surface area contributed by atoms with Crippen molar-refractivity contribution in [2.45, 2.75) is 25.7 Å². The molecule has 5 rings (SSSR count). The highest BCUT2D eigenvalue weighted by molar-refractivity contribution is 14.1. The second-order valence-electron chi connectivity index (χ2n) is 7.72. The van der Waals surface area contributed by atoms with Gasteiger partial charge in [0, 0.05) is 33.7 Å². The van der Waals surface area contributed by atoms with Gasteiger partial charge >= 0.3 is 5.97 Å². The molecule has 0 saturated heterocycles. The van der Waals surface area contributed by atoms with Gasteiger partial charge in [-0.25, -0.2) is 9.48 Å². The van der Waals surface area contributed by atoms with Crippen LogP contribution in [0.5, 0.6) is 5.75 Å². The molecule has 0 aliphatic carbocycles. The van der Waals surface area contributed by atoms with E-state index in [4.69, 9.17) is 4.74 Å². The zero-order chi connectivity index (χ0) is 21.7. The molecule has 2 aliphatic heterocycles. The zero-order valence-corrected chi connectivity index (χ0v) is 19.0. The third-order valence-electron chi connectivity index (χ3n) is 5.93. The summed E-state index contributed by atoms with van der Waals surface area (Å²) in [5, 5.41) is 14.3. The quantitative estimate of drug-likeness (QED) is 0.511. The first-order valence-corrected chi connectivity index (χ1v) is 11.3. The van der Waals surface area contributed by atoms with E-state index in [1.165, 1.54) is 4.68 Å². The highest BCUT2D eigenvalue weighted by atomic mass is 127. The Morgan fingerprint density at radius 1 is 1.23 bits per heavy atom. The summed E-state index contributed by atoms with van der Waals surface area (Å²) in [6.45, 7) is 3.05. The molecule has 1 aromatic heterocycles. The van der Waals surface area contributed by atoms with E-state index in [2.05, 4.69) is 27.7 Å². The molecule has 0 radical (unpaired) electrons. The number of hydrogen-bond acceptors (Lipinski definition) is 4. The molecule has 0 fully saturated rings. The Labute approximate surface area is 192 Å². The molecule has 0 saturated carbocycles. The van der Waals surface area contributed by atoms with Crippen LogP contribution in [0.15, 0.2) is 42.5 Å². The average molecular weight is 529 g/mol. The summed E-state index contributed by atoms with van der Waals surface area (Å²) in [6.07, 6.45) is 1.48. The van der Waals surface area contributed by atoms with Crippen LogP contribution in [0, 0.1) is 3.57 Å². The Bertz CT molecular complexity index is 1200. The van der Waals surface area contributed by atoms with E-state index in [9.17, 15) is 14.7 Å². The third kappa shape index (κ3) is 3.29. The van der Waals surface area contributed by atoms with Gasteiger partial charge in [-0.2, -0.15) is 5.10 Å². The van der Waals surface area contributed by atoms with Gasteiger partial charge in [0.2, 0.25) is 0 Å². The van der Waals surface area contributed by atoms with Gasteiger partial charge in [0.15, 0.2) is 5.69 Å². The summed E-state index contributed by atoms with van der Waals surface area (Å²) < 4.78 is 8.17. The number of anilines is 1. The maximum Gasteiger partial charge on any atom is 0.356 e. The molecular weight excluding hydrogens is 509 g/mol. The topological polar surface area (TPSA) is 84.7 Å². The van der Waals surface area contributed by atoms with Crippen LogP contribution >= 0.6 is 22.6 Å². The Kier molecular flexibility index (Phi) is 4.96. The maximum atomic E-state index is 13.7. The van der Waals surface area contributed by atoms with Crippen LogP contribution in [0.25, 0.3) is 5.69 Å². The van der Waals surface area contributed by atoms with Crippen molar-refractivity contribution in [2.75, 3.05) is 18.1 Å². The molecule has 8 heteroatoms. The number of hydrogen-bond donors (Lipinski definition) is 1. The van der Waals surface area contributed by atoms with Crippen molar-refractivity contribution in [2.24, 2.45) is 0 Å². The number of rotatable bonds is 4. The molecule has 158 valence electrons. The van der Waals surface area contributed by atoms with Crippen molar-refractivity contribution >= 4 is 40.2 Å². The standard InChI is InChI=1S/C23H20IN3O4/c1-2-13-12-26(16-5-3-15(24)4-6-16)22(28)21-19(13)20(23(29)30)25-27(21)17-7-8-18-14(11-17)9-10-31-18/h3-8,11,13H,2,9-10,12H2,1H3,(H,29,30). The normalized spacial score (nSPS) is 17.3. The monoisotopic (exact) mass is 529 g/mol. The van der Waals surface area contributed by atoms with Crippen molar-refractivity contribution in [3.8, 4) is 11.4 Å². The summed E-state index contributed by atoms with van der Waals surface area (Å²) in [5.74, 6) is -0.655. The molecule has 7 nitrogen and oxygen atoms in total. The van der Waals surface area contributed by atoms with Crippen molar-refractivity contribution in [3.63, 3.8) is 0 Å². The van der Waals surface area contributed by atoms with Crippen molar-refractivity contribution in [1.29, 1.82) is 0 Å². The maximum absolute atomic E-state index is 13.7. The SMILES string of the molecule is CCC1CN(c2ccc(I)cc2)C(=O)c2c1c(C(=O)O)nn2-c1ccc2c(c1)CCO2. The largest absolute Gasteiger partial charge is 0.493 e. The molecule has 31 heavy (non-hydrogen) atoms. The summed E-state index contributed by atoms with van der Waals surface area (Å²) >= 11 is 2.23. The van der Waals surface area contributed by atoms with Gasteiger partial charge in [-0.15, -0.1) is 0 Å². The number of benzene rings is 2. The van der Waals surface area contributed by atoms with Crippen molar-refractivity contribution < 1.29 is 19.4 Å². The second kappa shape index (κ2) is 7.67. The van der Waals surface area contributed by atoms with Gasteiger partial charge in [0.05, 0.1) is 12.3 Å². The first-order valence-electron chi connectivity index (χ1n) is 10.2. The Hall–Kier alpha value is -2.88. The minimum atomic E-state index is -1.12. The third-order valence-corrected chi connectivity index (χ3v) is 6.65. The van der Waals surface area contributed by atoms with Gasteiger partial charge < -0.3 is 14.7 Å². The van der Waals surface area contributed by atoms with Crippen LogP contribution in [0.3, 0.4) is 0 Å². The number of halogens is 1. The van der Waals surface area contributed by atoms with Crippen LogP contribution in [-0.2, 0) is 6.42 Å². The molecule has 0 spiro atoms. The first-order chi connectivity index (χ1) is 15.0. The van der Waals surface area contributed by atoms with Crippen LogP contribution in [0.1, 0.15) is 51.4 Å². The Morgan fingerprint density at radius 2 is 1.97 bits per heavy atom. The zero-order valence-electron chi connectivity index (χ0n) is 16.8. The van der Waals surface area contributed by atoms with Gasteiger partial charge in [-0.3, -0.25) is 4.79 Å². The van der Waals surface area contributed by atoms with E-state index in [-0.39, 0.29) is 17.5 Å². The number of aromatic carboxylic acids is 1. The lowest BCUT2D eigenvalue weighted by Gasteiger charge is -2.33. The molecule has 0 bridgehead atoms. The van der Waals surface area contributed by atoms with E-state index in [1.807, 2.05) is 49.4 Å². The van der Waals surface area contributed by atoms with E-state index in [0.717, 1.165) is 27.0 Å². The molecule has 1 N–H and O–H groups in total. The van der Waals surface area contributed by atoms with Crippen LogP contribution in [-0.4, -0.2) is 39.9 Å². The fourth-order valence-electron chi connectivity index (χ4n) is 4.37. The molecular formula is C23H20IN3O4. The molecule has 3 heterocycles. The van der Waals surface area contributed by atoms with Gasteiger partial charge in [0.25, 0.3) is 5.91 Å². The number of carbonyl (C=O) groups is 2. The number of fused-ring (bicyclic) bond motifs is 2. The van der Waals surface area contributed by atoms with Gasteiger partial charge in [-0.1, -0.05) is 6.92 Å². The smallest absolute Gasteiger partial charge is 0.356 e. The molecule has 1 unspecified atom stereocenters. The fourth-order valence-corrected chi connectivity index (χ4v) is 4.73. The average Bonchev–Trinajstić information content (AvgIpc) is 3.39. The fraction of sp³-hybridized carbons (Fsp3) is 0.261. The van der Waals surface area contributed by atoms with E-state index < -0.39 is 5.97 Å². The van der Waals surface area contributed by atoms with Gasteiger partial charge in [0.1, 0.15) is 11.4 Å². The van der Waals surface area contributed by atoms with Crippen LogP contribution in [0.2, 0.25) is 0 Å². The molecule has 2 aliphatic rings. The highest BCUT2D eigenvalue weighted by Crippen LogP contribution is 2.37. The summed E-state index contributed by atoms with van der Waals surface area (Å²) in [7, 11) is 0. The van der Waals surface area contributed by atoms with E-state index in [0.29, 0.717) is 36.5 Å². The Balaban J connectivity index is 1.69. The molecule has 1 atom stereocenters. The minimum Gasteiger partial charge on any atom is -0.493 e. The lowest BCUT2D eigenvalue weighted by Crippen LogP contribution is -2.41. The molecule has 2 aromatic carbocycles. The van der Waals surface area contributed by atoms with E-state index in [1.54, 1.807) is 4.90 Å². The predicted octanol–water partition coefficient (Wildman–Crippen LogP) is 4.26. The number of aromatic nitrogens is 2. The lowest BCUT2D eigenvalue weighted by atomic mass is 9.89. The van der Waals surface area contributed by atoms with Crippen LogP contribution < -0.4 is 9.64 Å². The van der Waals surface area contributed by atoms with E-state index >= 15 is 0 Å². The molecule has 1 amide bonds. The minimum absolute atomic E-state index is 0.0470. The number of ether oxygens (including phenoxy) is 1. The summed E-state index contributed by atoms with van der Waals surface area (Å²) in [6, 6.07) is 13.4. The number of carboxylic acids is 1. The lowest BCUT2D eigenvalue weighted by molar-refractivity contribution is 0.0688. The highest BCUT2D eigenvalue weighted by Gasteiger charge is 2.40. The first kappa shape index (κ1) is 20.0. The predicted molar refractivity (Wildman–Crippen MR) is 124 cm³/mol. The number of amides is 1. The second-order valence-corrected chi connectivity index (χ2v) is 8.96. The van der Waals surface area contributed by atoms with Crippen LogP contribution in [0.4, 0.5) is 5.69 Å². The Morgan fingerprint density at radius 3 is 2.68 bits per heavy atom. The number of carboxylic acid groups (broad SMARTS) is 1. The molecule has 3 aromatic rings.